The number of thiophene rings is 1. The minimum absolute atomic E-state index is 0.198. The average Bonchev–Trinajstić information content (AvgIpc) is 2.70. The van der Waals surface area contributed by atoms with Crippen molar-refractivity contribution in [3.8, 4) is 0 Å². The Morgan fingerprint density at radius 1 is 1.59 bits per heavy atom. The van der Waals surface area contributed by atoms with E-state index in [4.69, 9.17) is 22.1 Å². The highest BCUT2D eigenvalue weighted by Crippen LogP contribution is 2.21. The van der Waals surface area contributed by atoms with Gasteiger partial charge in [-0.25, -0.2) is 0 Å². The molecule has 1 amide bonds. The summed E-state index contributed by atoms with van der Waals surface area (Å²) in [5.41, 5.74) is 0. The van der Waals surface area contributed by atoms with Crippen molar-refractivity contribution in [3.05, 3.63) is 21.3 Å². The van der Waals surface area contributed by atoms with Crippen molar-refractivity contribution < 1.29 is 14.7 Å². The lowest BCUT2D eigenvalue weighted by atomic mass is 10.1. The summed E-state index contributed by atoms with van der Waals surface area (Å²) in [6.45, 7) is 0.209. The molecule has 1 aromatic rings. The van der Waals surface area contributed by atoms with Crippen LogP contribution in [0.4, 0.5) is 0 Å². The molecule has 17 heavy (non-hydrogen) atoms. The smallest absolute Gasteiger partial charge is 0.311 e. The number of carbonyl (C=O) groups excluding carboxylic acids is 1. The first-order valence-electron chi connectivity index (χ1n) is 4.81. The van der Waals surface area contributed by atoms with Crippen molar-refractivity contribution in [2.24, 2.45) is 5.92 Å². The van der Waals surface area contributed by atoms with E-state index in [-0.39, 0.29) is 18.9 Å². The monoisotopic (exact) mass is 274 g/mol. The molecule has 0 aliphatic carbocycles. The van der Waals surface area contributed by atoms with E-state index in [9.17, 15) is 9.59 Å². The molecule has 0 bridgehead atoms. The molecule has 0 spiro atoms. The Morgan fingerprint density at radius 3 is 2.76 bits per heavy atom. The number of rotatable bonds is 6. The van der Waals surface area contributed by atoms with Crippen LogP contribution in [0.5, 0.6) is 0 Å². The minimum atomic E-state index is -1.06. The molecule has 3 N–H and O–H groups in total. The van der Waals surface area contributed by atoms with Gasteiger partial charge in [-0.1, -0.05) is 11.6 Å². The van der Waals surface area contributed by atoms with Gasteiger partial charge in [-0.2, -0.15) is 0 Å². The molecule has 0 saturated carbocycles. The molecular formula is C10H11ClN2O3S. The Morgan fingerprint density at radius 2 is 2.29 bits per heavy atom. The topological polar surface area (TPSA) is 90.3 Å². The van der Waals surface area contributed by atoms with Crippen molar-refractivity contribution in [2.45, 2.75) is 6.42 Å². The van der Waals surface area contributed by atoms with Gasteiger partial charge in [0.1, 0.15) is 0 Å². The van der Waals surface area contributed by atoms with E-state index >= 15 is 0 Å². The summed E-state index contributed by atoms with van der Waals surface area (Å²) in [6, 6.07) is 3.23. The van der Waals surface area contributed by atoms with Gasteiger partial charge < -0.3 is 15.8 Å². The van der Waals surface area contributed by atoms with Gasteiger partial charge in [0.25, 0.3) is 5.91 Å². The zero-order valence-electron chi connectivity index (χ0n) is 8.77. The predicted octanol–water partition coefficient (Wildman–Crippen LogP) is 1.87. The number of carbonyl (C=O) groups is 2. The highest BCUT2D eigenvalue weighted by Gasteiger charge is 2.15. The Bertz CT molecular complexity index is 433. The fraction of sp³-hybridized carbons (Fsp3) is 0.300. The fourth-order valence-corrected chi connectivity index (χ4v) is 2.10. The van der Waals surface area contributed by atoms with Crippen LogP contribution in [-0.4, -0.2) is 29.7 Å². The van der Waals surface area contributed by atoms with Crippen LogP contribution in [0.25, 0.3) is 0 Å². The number of nitrogens with one attached hydrogen (secondary N) is 2. The lowest BCUT2D eigenvalue weighted by molar-refractivity contribution is -0.139. The van der Waals surface area contributed by atoms with Gasteiger partial charge in [-0.15, -0.1) is 11.3 Å². The molecule has 0 fully saturated rings. The van der Waals surface area contributed by atoms with Crippen molar-refractivity contribution in [1.29, 1.82) is 5.41 Å². The van der Waals surface area contributed by atoms with E-state index in [0.717, 1.165) is 17.6 Å². The second kappa shape index (κ2) is 6.36. The second-order valence-corrected chi connectivity index (χ2v) is 4.97. The van der Waals surface area contributed by atoms with Crippen LogP contribution in [0.15, 0.2) is 12.1 Å². The lowest BCUT2D eigenvalue weighted by Gasteiger charge is -2.06. The van der Waals surface area contributed by atoms with Crippen molar-refractivity contribution in [1.82, 2.24) is 5.32 Å². The number of carboxylic acid groups (broad SMARTS) is 1. The maximum absolute atomic E-state index is 11.5. The van der Waals surface area contributed by atoms with Gasteiger partial charge in [0.05, 0.1) is 15.1 Å². The van der Waals surface area contributed by atoms with E-state index in [1.165, 1.54) is 0 Å². The highest BCUT2D eigenvalue weighted by atomic mass is 35.5. The Balaban J connectivity index is 2.39. The zero-order valence-corrected chi connectivity index (χ0v) is 10.3. The van der Waals surface area contributed by atoms with E-state index in [2.05, 4.69) is 5.32 Å². The predicted molar refractivity (Wildman–Crippen MR) is 66.2 cm³/mol. The molecule has 0 aromatic carbocycles. The summed E-state index contributed by atoms with van der Waals surface area (Å²) in [5.74, 6) is -2.20. The first-order chi connectivity index (χ1) is 8.04. The van der Waals surface area contributed by atoms with Crippen LogP contribution < -0.4 is 5.32 Å². The Kier molecular flexibility index (Phi) is 5.11. The van der Waals surface area contributed by atoms with Gasteiger partial charge >= 0.3 is 5.97 Å². The van der Waals surface area contributed by atoms with E-state index in [1.54, 1.807) is 12.1 Å². The van der Waals surface area contributed by atoms with Gasteiger partial charge in [0.15, 0.2) is 0 Å². The first-order valence-corrected chi connectivity index (χ1v) is 6.01. The normalized spacial score (nSPS) is 11.8. The van der Waals surface area contributed by atoms with Crippen molar-refractivity contribution >= 4 is 41.0 Å². The molecular weight excluding hydrogens is 264 g/mol. The fourth-order valence-electron chi connectivity index (χ4n) is 1.14. The molecule has 5 nitrogen and oxygen atoms in total. The summed E-state index contributed by atoms with van der Waals surface area (Å²) in [6.07, 6.45) is 1.06. The van der Waals surface area contributed by atoms with E-state index < -0.39 is 11.9 Å². The maximum Gasteiger partial charge on any atom is 0.311 e. The molecule has 1 heterocycles. The number of aliphatic carboxylic acids is 1. The van der Waals surface area contributed by atoms with Crippen molar-refractivity contribution in [2.75, 3.05) is 6.54 Å². The third-order valence-electron chi connectivity index (χ3n) is 2.06. The van der Waals surface area contributed by atoms with E-state index in [1.807, 2.05) is 0 Å². The van der Waals surface area contributed by atoms with Crippen LogP contribution in [0.3, 0.4) is 0 Å². The number of hydrogen-bond acceptors (Lipinski definition) is 4. The minimum Gasteiger partial charge on any atom is -0.481 e. The summed E-state index contributed by atoms with van der Waals surface area (Å²) in [4.78, 5) is 22.6. The molecule has 1 aromatic heterocycles. The maximum atomic E-state index is 11.5. The molecule has 0 aliphatic heterocycles. The van der Waals surface area contributed by atoms with Gasteiger partial charge in [-0.05, 0) is 18.6 Å². The lowest BCUT2D eigenvalue weighted by Crippen LogP contribution is -2.27. The van der Waals surface area contributed by atoms with Gasteiger partial charge in [0, 0.05) is 12.8 Å². The third-order valence-corrected chi connectivity index (χ3v) is 3.29. The second-order valence-electron chi connectivity index (χ2n) is 3.26. The molecule has 92 valence electrons. The third kappa shape index (κ3) is 4.16. The quantitative estimate of drug-likeness (QED) is 0.692. The summed E-state index contributed by atoms with van der Waals surface area (Å²) in [5, 5.41) is 18.2. The highest BCUT2D eigenvalue weighted by molar-refractivity contribution is 7.17. The SMILES string of the molecule is N=C[C@H](CCNC(=O)c1ccc(Cl)s1)C(=O)O. The number of halogens is 1. The number of amides is 1. The molecule has 1 rings (SSSR count). The Labute approximate surface area is 107 Å². The van der Waals surface area contributed by atoms with Gasteiger partial charge in [0.2, 0.25) is 0 Å². The Hall–Kier alpha value is -1.40. The van der Waals surface area contributed by atoms with Crippen molar-refractivity contribution in [3.63, 3.8) is 0 Å². The standard InChI is InChI=1S/C10H11ClN2O3S/c11-8-2-1-7(17-8)9(14)13-4-3-6(5-12)10(15)16/h1-2,5-6,12H,3-4H2,(H,13,14)(H,15,16)/t6-/m0/s1. The first kappa shape index (κ1) is 13.7. The zero-order chi connectivity index (χ0) is 12.8. The summed E-state index contributed by atoms with van der Waals surface area (Å²) >= 11 is 6.84. The molecule has 0 aliphatic rings. The van der Waals surface area contributed by atoms with Crippen LogP contribution >= 0.6 is 22.9 Å². The summed E-state index contributed by atoms with van der Waals surface area (Å²) in [7, 11) is 0. The van der Waals surface area contributed by atoms with E-state index in [0.29, 0.717) is 9.21 Å². The van der Waals surface area contributed by atoms with Gasteiger partial charge in [-0.3, -0.25) is 9.59 Å². The number of hydrogen-bond donors (Lipinski definition) is 3. The van der Waals surface area contributed by atoms with Crippen LogP contribution in [0.2, 0.25) is 4.34 Å². The van der Waals surface area contributed by atoms with Crippen LogP contribution in [0.1, 0.15) is 16.1 Å². The molecule has 1 atom stereocenters. The number of carboxylic acids is 1. The summed E-state index contributed by atoms with van der Waals surface area (Å²) < 4.78 is 0.526. The molecule has 0 saturated heterocycles. The molecule has 0 radical (unpaired) electrons. The average molecular weight is 275 g/mol. The van der Waals surface area contributed by atoms with Crippen LogP contribution in [0, 0.1) is 11.3 Å². The molecule has 0 unspecified atom stereocenters. The largest absolute Gasteiger partial charge is 0.481 e. The molecule has 7 heteroatoms. The van der Waals surface area contributed by atoms with Crippen LogP contribution in [-0.2, 0) is 4.79 Å².